The lowest BCUT2D eigenvalue weighted by atomic mass is 10.2. The largest absolute Gasteiger partial charge is 0.472 e. The van der Waals surface area contributed by atoms with E-state index in [0.717, 1.165) is 30.4 Å². The maximum atomic E-state index is 5.74. The number of thiazole rings is 1. The van der Waals surface area contributed by atoms with Crippen molar-refractivity contribution >= 4 is 11.3 Å². The number of aromatic nitrogens is 1. The van der Waals surface area contributed by atoms with Crippen LogP contribution in [0.5, 0.6) is 5.88 Å². The lowest BCUT2D eigenvalue weighted by Gasteiger charge is -2.08. The van der Waals surface area contributed by atoms with Crippen LogP contribution >= 0.6 is 11.3 Å². The van der Waals surface area contributed by atoms with E-state index in [1.165, 1.54) is 0 Å². The molecule has 1 saturated heterocycles. The fraction of sp³-hybridized carbons (Fsp3) is 0.700. The van der Waals surface area contributed by atoms with E-state index in [0.29, 0.717) is 12.0 Å². The Kier molecular flexibility index (Phi) is 3.03. The molecule has 1 N–H and O–H groups in total. The Balaban J connectivity index is 1.95. The summed E-state index contributed by atoms with van der Waals surface area (Å²) in [6.45, 7) is 6.32. The number of hydrogen-bond acceptors (Lipinski definition) is 4. The summed E-state index contributed by atoms with van der Waals surface area (Å²) in [7, 11) is 0. The molecule has 0 spiro atoms. The molecule has 2 rings (SSSR count). The molecular formula is C10H16N2OS. The van der Waals surface area contributed by atoms with Crippen LogP contribution in [0.3, 0.4) is 0 Å². The highest BCUT2D eigenvalue weighted by molar-refractivity contribution is 7.09. The quantitative estimate of drug-likeness (QED) is 0.832. The molecule has 0 saturated carbocycles. The van der Waals surface area contributed by atoms with Gasteiger partial charge in [0.05, 0.1) is 10.4 Å². The van der Waals surface area contributed by atoms with Crippen LogP contribution in [-0.4, -0.2) is 24.2 Å². The third-order valence-corrected chi connectivity index (χ3v) is 3.42. The smallest absolute Gasteiger partial charge is 0.224 e. The Hall–Kier alpha value is -0.610. The van der Waals surface area contributed by atoms with Crippen LogP contribution in [0.15, 0.2) is 5.38 Å². The molecular weight excluding hydrogens is 196 g/mol. The normalized spacial score (nSPS) is 21.8. The van der Waals surface area contributed by atoms with Crippen LogP contribution in [0.1, 0.15) is 31.2 Å². The molecule has 0 aromatic carbocycles. The Morgan fingerprint density at radius 2 is 2.50 bits per heavy atom. The Labute approximate surface area is 88.5 Å². The van der Waals surface area contributed by atoms with Crippen molar-refractivity contribution in [3.8, 4) is 5.88 Å². The van der Waals surface area contributed by atoms with Gasteiger partial charge in [-0.3, -0.25) is 0 Å². The monoisotopic (exact) mass is 212 g/mol. The van der Waals surface area contributed by atoms with Crippen molar-refractivity contribution < 1.29 is 4.74 Å². The van der Waals surface area contributed by atoms with Gasteiger partial charge in [0.15, 0.2) is 0 Å². The van der Waals surface area contributed by atoms with Gasteiger partial charge in [0, 0.05) is 12.5 Å². The van der Waals surface area contributed by atoms with Crippen molar-refractivity contribution in [2.75, 3.05) is 13.1 Å². The van der Waals surface area contributed by atoms with Crippen molar-refractivity contribution in [3.05, 3.63) is 10.4 Å². The zero-order valence-corrected chi connectivity index (χ0v) is 9.43. The summed E-state index contributed by atoms with van der Waals surface area (Å²) in [5.74, 6) is 1.30. The minimum Gasteiger partial charge on any atom is -0.472 e. The Morgan fingerprint density at radius 1 is 1.64 bits per heavy atom. The van der Waals surface area contributed by atoms with Crippen molar-refractivity contribution in [1.29, 1.82) is 0 Å². The highest BCUT2D eigenvalue weighted by atomic mass is 32.1. The molecule has 1 aliphatic heterocycles. The summed E-state index contributed by atoms with van der Waals surface area (Å²) in [5, 5.41) is 6.44. The summed E-state index contributed by atoms with van der Waals surface area (Å²) in [5.41, 5.74) is 0. The van der Waals surface area contributed by atoms with Crippen LogP contribution in [-0.2, 0) is 0 Å². The molecule has 1 aliphatic rings. The van der Waals surface area contributed by atoms with Crippen LogP contribution in [0.2, 0.25) is 0 Å². The number of nitrogens with one attached hydrogen (secondary N) is 1. The predicted molar refractivity (Wildman–Crippen MR) is 58.1 cm³/mol. The molecule has 1 aromatic rings. The van der Waals surface area contributed by atoms with Gasteiger partial charge in [-0.1, -0.05) is 13.8 Å². The van der Waals surface area contributed by atoms with Gasteiger partial charge in [-0.15, -0.1) is 11.3 Å². The zero-order valence-electron chi connectivity index (χ0n) is 8.62. The van der Waals surface area contributed by atoms with Crippen LogP contribution in [0, 0.1) is 0 Å². The number of ether oxygens (including phenoxy) is 1. The second-order valence-electron chi connectivity index (χ2n) is 3.91. The Morgan fingerprint density at radius 3 is 3.07 bits per heavy atom. The molecule has 0 radical (unpaired) electrons. The van der Waals surface area contributed by atoms with E-state index >= 15 is 0 Å². The van der Waals surface area contributed by atoms with Gasteiger partial charge in [0.25, 0.3) is 0 Å². The third kappa shape index (κ3) is 2.25. The summed E-state index contributed by atoms with van der Waals surface area (Å²) >= 11 is 1.68. The van der Waals surface area contributed by atoms with Crippen molar-refractivity contribution in [2.45, 2.75) is 32.3 Å². The second kappa shape index (κ2) is 4.28. The van der Waals surface area contributed by atoms with Gasteiger partial charge >= 0.3 is 0 Å². The molecule has 2 heterocycles. The lowest BCUT2D eigenvalue weighted by Crippen LogP contribution is -2.19. The van der Waals surface area contributed by atoms with Gasteiger partial charge in [0.1, 0.15) is 6.10 Å². The fourth-order valence-electron chi connectivity index (χ4n) is 1.49. The summed E-state index contributed by atoms with van der Waals surface area (Å²) in [6, 6.07) is 0. The van der Waals surface area contributed by atoms with E-state index in [1.807, 2.05) is 5.38 Å². The number of hydrogen-bond donors (Lipinski definition) is 1. The van der Waals surface area contributed by atoms with Crippen LogP contribution < -0.4 is 10.1 Å². The average Bonchev–Trinajstić information content (AvgIpc) is 2.75. The van der Waals surface area contributed by atoms with E-state index in [4.69, 9.17) is 4.74 Å². The van der Waals surface area contributed by atoms with Gasteiger partial charge < -0.3 is 10.1 Å². The first-order valence-electron chi connectivity index (χ1n) is 5.08. The number of nitrogens with zero attached hydrogens (tertiary/aromatic N) is 1. The number of rotatable bonds is 3. The molecule has 1 fully saturated rings. The van der Waals surface area contributed by atoms with E-state index in [9.17, 15) is 0 Å². The highest BCUT2D eigenvalue weighted by Crippen LogP contribution is 2.24. The molecule has 1 unspecified atom stereocenters. The van der Waals surface area contributed by atoms with E-state index in [1.54, 1.807) is 11.3 Å². The highest BCUT2D eigenvalue weighted by Gasteiger charge is 2.17. The standard InChI is InChI=1S/C10H16N2OS/c1-7(2)10-12-9(6-14-10)13-8-3-4-11-5-8/h6-8,11H,3-5H2,1-2H3. The maximum absolute atomic E-state index is 5.74. The molecule has 4 heteroatoms. The molecule has 0 aliphatic carbocycles. The molecule has 1 atom stereocenters. The lowest BCUT2D eigenvalue weighted by molar-refractivity contribution is 0.215. The average molecular weight is 212 g/mol. The van der Waals surface area contributed by atoms with Crippen molar-refractivity contribution in [3.63, 3.8) is 0 Å². The van der Waals surface area contributed by atoms with Gasteiger partial charge in [0.2, 0.25) is 5.88 Å². The molecule has 14 heavy (non-hydrogen) atoms. The topological polar surface area (TPSA) is 34.1 Å². The summed E-state index contributed by atoms with van der Waals surface area (Å²) < 4.78 is 5.74. The van der Waals surface area contributed by atoms with Gasteiger partial charge in [-0.05, 0) is 13.0 Å². The molecule has 0 amide bonds. The van der Waals surface area contributed by atoms with E-state index in [2.05, 4.69) is 24.1 Å². The first-order valence-corrected chi connectivity index (χ1v) is 5.96. The van der Waals surface area contributed by atoms with Gasteiger partial charge in [-0.25, -0.2) is 4.98 Å². The fourth-order valence-corrected chi connectivity index (χ4v) is 2.24. The summed E-state index contributed by atoms with van der Waals surface area (Å²) in [4.78, 5) is 4.44. The van der Waals surface area contributed by atoms with E-state index < -0.39 is 0 Å². The van der Waals surface area contributed by atoms with Crippen LogP contribution in [0.25, 0.3) is 0 Å². The van der Waals surface area contributed by atoms with Crippen LogP contribution in [0.4, 0.5) is 0 Å². The minimum atomic E-state index is 0.317. The minimum absolute atomic E-state index is 0.317. The van der Waals surface area contributed by atoms with Crippen molar-refractivity contribution in [2.24, 2.45) is 0 Å². The Bertz CT molecular complexity index is 292. The zero-order chi connectivity index (χ0) is 9.97. The molecule has 3 nitrogen and oxygen atoms in total. The third-order valence-electron chi connectivity index (χ3n) is 2.30. The van der Waals surface area contributed by atoms with E-state index in [-0.39, 0.29) is 0 Å². The predicted octanol–water partition coefficient (Wildman–Crippen LogP) is 2.01. The first-order chi connectivity index (χ1) is 6.75. The maximum Gasteiger partial charge on any atom is 0.224 e. The van der Waals surface area contributed by atoms with Crippen molar-refractivity contribution in [1.82, 2.24) is 10.3 Å². The molecule has 78 valence electrons. The summed E-state index contributed by atoms with van der Waals surface area (Å²) in [6.07, 6.45) is 1.41. The van der Waals surface area contributed by atoms with Gasteiger partial charge in [-0.2, -0.15) is 0 Å². The second-order valence-corrected chi connectivity index (χ2v) is 4.80. The SMILES string of the molecule is CC(C)c1nc(OC2CCNC2)cs1. The first kappa shape index (κ1) is 9.93. The molecule has 0 bridgehead atoms. The molecule has 1 aromatic heterocycles.